The molecule has 1 N–H and O–H groups in total. The quantitative estimate of drug-likeness (QED) is 0.496. The number of nitrogens with one attached hydrogen (secondary N) is 1. The predicted octanol–water partition coefficient (Wildman–Crippen LogP) is 4.93. The molecule has 0 saturated carbocycles. The largest absolute Gasteiger partial charge is 0.493 e. The monoisotopic (exact) mass is 466 g/mol. The number of benzene rings is 2. The summed E-state index contributed by atoms with van der Waals surface area (Å²) < 4.78 is 15.5. The van der Waals surface area contributed by atoms with Crippen LogP contribution in [0.1, 0.15) is 10.4 Å². The highest BCUT2D eigenvalue weighted by Crippen LogP contribution is 2.33. The summed E-state index contributed by atoms with van der Waals surface area (Å²) in [7, 11) is 3.11. The molecule has 1 amide bonds. The van der Waals surface area contributed by atoms with Crippen molar-refractivity contribution >= 4 is 51.5 Å². The number of aromatic nitrogens is 1. The highest BCUT2D eigenvalue weighted by Gasteiger charge is 2.14. The van der Waals surface area contributed by atoms with Gasteiger partial charge in [0.25, 0.3) is 5.91 Å². The molecule has 0 aliphatic carbocycles. The van der Waals surface area contributed by atoms with Gasteiger partial charge in [0.05, 0.1) is 25.5 Å². The highest BCUT2D eigenvalue weighted by molar-refractivity contribution is 7.14. The molecule has 7 nitrogen and oxygen atoms in total. The van der Waals surface area contributed by atoms with Crippen LogP contribution in [0.2, 0.25) is 10.0 Å². The Kier molecular flexibility index (Phi) is 7.15. The van der Waals surface area contributed by atoms with Crippen LogP contribution in [0.4, 0.5) is 5.13 Å². The maximum absolute atomic E-state index is 12.1. The van der Waals surface area contributed by atoms with Crippen LogP contribution in [0.3, 0.4) is 0 Å². The lowest BCUT2D eigenvalue weighted by Gasteiger charge is -2.08. The minimum absolute atomic E-state index is 0.158. The summed E-state index contributed by atoms with van der Waals surface area (Å²) >= 11 is 13.0. The molecule has 0 bridgehead atoms. The molecule has 10 heteroatoms. The Morgan fingerprint density at radius 1 is 1.03 bits per heavy atom. The lowest BCUT2D eigenvalue weighted by atomic mass is 10.1. The topological polar surface area (TPSA) is 86.8 Å². The third kappa shape index (κ3) is 5.41. The zero-order valence-electron chi connectivity index (χ0n) is 15.9. The second-order valence-electron chi connectivity index (χ2n) is 5.89. The molecular formula is C20H16Cl2N2O5S. The molecule has 3 aromatic rings. The molecular weight excluding hydrogens is 451 g/mol. The van der Waals surface area contributed by atoms with E-state index in [4.69, 9.17) is 37.4 Å². The van der Waals surface area contributed by atoms with Crippen LogP contribution in [-0.4, -0.2) is 37.7 Å². The fourth-order valence-electron chi connectivity index (χ4n) is 2.50. The second kappa shape index (κ2) is 9.80. The van der Waals surface area contributed by atoms with E-state index in [-0.39, 0.29) is 5.56 Å². The summed E-state index contributed by atoms with van der Waals surface area (Å²) in [5.41, 5.74) is 1.61. The number of hydrogen-bond acceptors (Lipinski definition) is 7. The van der Waals surface area contributed by atoms with Gasteiger partial charge < -0.3 is 14.2 Å². The van der Waals surface area contributed by atoms with Crippen LogP contribution in [0.15, 0.2) is 41.8 Å². The SMILES string of the molecule is COc1ccc(-c2csc(NC(=O)COC(=O)c3cc(Cl)cc(Cl)c3)n2)cc1OC. The number of ether oxygens (including phenoxy) is 3. The molecule has 0 radical (unpaired) electrons. The number of hydrogen-bond donors (Lipinski definition) is 1. The fourth-order valence-corrected chi connectivity index (χ4v) is 3.76. The van der Waals surface area contributed by atoms with Crippen LogP contribution >= 0.6 is 34.5 Å². The van der Waals surface area contributed by atoms with Crippen molar-refractivity contribution in [2.75, 3.05) is 26.1 Å². The predicted molar refractivity (Wildman–Crippen MR) is 116 cm³/mol. The van der Waals surface area contributed by atoms with E-state index in [9.17, 15) is 9.59 Å². The van der Waals surface area contributed by atoms with E-state index in [2.05, 4.69) is 10.3 Å². The van der Waals surface area contributed by atoms with Gasteiger partial charge in [0.1, 0.15) is 0 Å². The average molecular weight is 467 g/mol. The van der Waals surface area contributed by atoms with Crippen molar-refractivity contribution in [2.45, 2.75) is 0 Å². The second-order valence-corrected chi connectivity index (χ2v) is 7.62. The van der Waals surface area contributed by atoms with Gasteiger partial charge in [-0.1, -0.05) is 23.2 Å². The van der Waals surface area contributed by atoms with E-state index in [1.165, 1.54) is 29.5 Å². The summed E-state index contributed by atoms with van der Waals surface area (Å²) in [6.45, 7) is -0.478. The number of anilines is 1. The Morgan fingerprint density at radius 2 is 1.73 bits per heavy atom. The van der Waals surface area contributed by atoms with Gasteiger partial charge in [-0.15, -0.1) is 11.3 Å². The summed E-state index contributed by atoms with van der Waals surface area (Å²) in [5, 5.41) is 5.34. The summed E-state index contributed by atoms with van der Waals surface area (Å²) in [4.78, 5) is 28.5. The number of nitrogens with zero attached hydrogens (tertiary/aromatic N) is 1. The molecule has 1 aromatic heterocycles. The number of carbonyl (C=O) groups is 2. The fraction of sp³-hybridized carbons (Fsp3) is 0.150. The van der Waals surface area contributed by atoms with Crippen LogP contribution in [0.25, 0.3) is 11.3 Å². The lowest BCUT2D eigenvalue weighted by molar-refractivity contribution is -0.119. The molecule has 0 fully saturated rings. The Balaban J connectivity index is 1.60. The molecule has 0 spiro atoms. The average Bonchev–Trinajstić information content (AvgIpc) is 3.19. The maximum atomic E-state index is 12.1. The normalized spacial score (nSPS) is 10.4. The van der Waals surface area contributed by atoms with Crippen molar-refractivity contribution in [1.82, 2.24) is 4.98 Å². The zero-order valence-corrected chi connectivity index (χ0v) is 18.2. The van der Waals surface area contributed by atoms with Crippen molar-refractivity contribution in [3.63, 3.8) is 0 Å². The first-order valence-corrected chi connectivity index (χ1v) is 10.1. The van der Waals surface area contributed by atoms with Crippen molar-refractivity contribution < 1.29 is 23.8 Å². The first-order chi connectivity index (χ1) is 14.4. The molecule has 30 heavy (non-hydrogen) atoms. The Labute approximate surface area is 186 Å². The van der Waals surface area contributed by atoms with Crippen LogP contribution in [0, 0.1) is 0 Å². The number of carbonyl (C=O) groups excluding carboxylic acids is 2. The summed E-state index contributed by atoms with van der Waals surface area (Å²) in [5.74, 6) is -0.0566. The Bertz CT molecular complexity index is 1070. The van der Waals surface area contributed by atoms with E-state index in [1.807, 2.05) is 6.07 Å². The molecule has 3 rings (SSSR count). The lowest BCUT2D eigenvalue weighted by Crippen LogP contribution is -2.20. The Morgan fingerprint density at radius 3 is 2.40 bits per heavy atom. The molecule has 0 atom stereocenters. The van der Waals surface area contributed by atoms with Crippen molar-refractivity contribution in [3.05, 3.63) is 57.4 Å². The number of methoxy groups -OCH3 is 2. The number of amides is 1. The van der Waals surface area contributed by atoms with Gasteiger partial charge in [-0.3, -0.25) is 10.1 Å². The number of esters is 1. The van der Waals surface area contributed by atoms with Gasteiger partial charge in [-0.2, -0.15) is 0 Å². The standard InChI is InChI=1S/C20H16Cl2N2O5S/c1-27-16-4-3-11(7-17(16)28-2)15-10-30-20(23-15)24-18(25)9-29-19(26)12-5-13(21)8-14(22)6-12/h3-8,10H,9H2,1-2H3,(H,23,24,25). The summed E-state index contributed by atoms with van der Waals surface area (Å²) in [6.07, 6.45) is 0. The van der Waals surface area contributed by atoms with Gasteiger partial charge >= 0.3 is 5.97 Å². The van der Waals surface area contributed by atoms with E-state index in [1.54, 1.807) is 31.7 Å². The first kappa shape index (κ1) is 21.9. The maximum Gasteiger partial charge on any atom is 0.338 e. The number of rotatable bonds is 7. The third-order valence-electron chi connectivity index (χ3n) is 3.86. The number of halogens is 2. The molecule has 2 aromatic carbocycles. The highest BCUT2D eigenvalue weighted by atomic mass is 35.5. The molecule has 0 saturated heterocycles. The molecule has 0 aliphatic heterocycles. The van der Waals surface area contributed by atoms with Crippen molar-refractivity contribution in [2.24, 2.45) is 0 Å². The van der Waals surface area contributed by atoms with Gasteiger partial charge in [0, 0.05) is 21.0 Å². The van der Waals surface area contributed by atoms with Gasteiger partial charge in [0.2, 0.25) is 0 Å². The van der Waals surface area contributed by atoms with Gasteiger partial charge in [-0.25, -0.2) is 9.78 Å². The minimum Gasteiger partial charge on any atom is -0.493 e. The van der Waals surface area contributed by atoms with Crippen LogP contribution < -0.4 is 14.8 Å². The van der Waals surface area contributed by atoms with Crippen LogP contribution in [0.5, 0.6) is 11.5 Å². The van der Waals surface area contributed by atoms with Gasteiger partial charge in [0.15, 0.2) is 23.2 Å². The minimum atomic E-state index is -0.709. The van der Waals surface area contributed by atoms with Crippen molar-refractivity contribution in [1.29, 1.82) is 0 Å². The Hall–Kier alpha value is -2.81. The van der Waals surface area contributed by atoms with Gasteiger partial charge in [-0.05, 0) is 36.4 Å². The van der Waals surface area contributed by atoms with Crippen molar-refractivity contribution in [3.8, 4) is 22.8 Å². The van der Waals surface area contributed by atoms with E-state index >= 15 is 0 Å². The molecule has 1 heterocycles. The first-order valence-electron chi connectivity index (χ1n) is 8.50. The van der Waals surface area contributed by atoms with E-state index in [0.717, 1.165) is 5.56 Å². The zero-order chi connectivity index (χ0) is 21.7. The molecule has 0 unspecified atom stereocenters. The van der Waals surface area contributed by atoms with E-state index < -0.39 is 18.5 Å². The van der Waals surface area contributed by atoms with Crippen LogP contribution in [-0.2, 0) is 9.53 Å². The number of thiazole rings is 1. The smallest absolute Gasteiger partial charge is 0.338 e. The molecule has 0 aliphatic rings. The van der Waals surface area contributed by atoms with E-state index in [0.29, 0.717) is 32.4 Å². The third-order valence-corrected chi connectivity index (χ3v) is 5.06. The molecule has 156 valence electrons. The summed E-state index contributed by atoms with van der Waals surface area (Å²) in [6, 6.07) is 9.70.